The van der Waals surface area contributed by atoms with Crippen molar-refractivity contribution in [2.24, 2.45) is 0 Å². The van der Waals surface area contributed by atoms with Gasteiger partial charge in [0, 0.05) is 20.0 Å². The number of hydrogen-bond donors (Lipinski definition) is 0. The minimum absolute atomic E-state index is 0.172. The first kappa shape index (κ1) is 11.9. The Hall–Kier alpha value is -1.17. The first-order valence-corrected chi connectivity index (χ1v) is 5.28. The third-order valence-electron chi connectivity index (χ3n) is 1.98. The van der Waals surface area contributed by atoms with Crippen LogP contribution in [0.2, 0.25) is 0 Å². The molecule has 0 N–H and O–H groups in total. The molecule has 0 saturated carbocycles. The molecule has 82 valence electrons. The molecule has 0 fully saturated rings. The summed E-state index contributed by atoms with van der Waals surface area (Å²) in [4.78, 5) is 33.8. The first-order chi connectivity index (χ1) is 6.86. The van der Waals surface area contributed by atoms with Gasteiger partial charge in [-0.05, 0) is 6.92 Å². The zero-order valence-electron chi connectivity index (χ0n) is 8.65. The number of hydrogen-bond acceptors (Lipinski definition) is 3. The largest absolute Gasteiger partial charge is 0.342 e. The van der Waals surface area contributed by atoms with E-state index < -0.39 is 17.5 Å². The minimum atomic E-state index is -0.615. The van der Waals surface area contributed by atoms with Gasteiger partial charge in [0.15, 0.2) is 0 Å². The lowest BCUT2D eigenvalue weighted by molar-refractivity contribution is 0.0920. The molecular weight excluding hydrogens is 264 g/mol. The van der Waals surface area contributed by atoms with Gasteiger partial charge in [0.2, 0.25) is 11.8 Å². The van der Waals surface area contributed by atoms with Crippen molar-refractivity contribution in [3.8, 4) is 0 Å². The molecule has 1 heterocycles. The lowest BCUT2D eigenvalue weighted by atomic mass is 10.3. The molecule has 5 nitrogen and oxygen atoms in total. The predicted molar refractivity (Wildman–Crippen MR) is 58.6 cm³/mol. The summed E-state index contributed by atoms with van der Waals surface area (Å²) in [6.07, 6.45) is 1.38. The fourth-order valence-electron chi connectivity index (χ4n) is 1.29. The summed E-state index contributed by atoms with van der Waals surface area (Å²) in [5, 5.41) is 0. The number of nitrogens with zero attached hydrogens (tertiary/aromatic N) is 2. The predicted octanol–water partition coefficient (Wildman–Crippen LogP) is 1.43. The smallest absolute Gasteiger partial charge is 0.274 e. The second kappa shape index (κ2) is 4.14. The van der Waals surface area contributed by atoms with E-state index in [1.165, 1.54) is 20.0 Å². The highest BCUT2D eigenvalue weighted by Crippen LogP contribution is 2.20. The van der Waals surface area contributed by atoms with Crippen LogP contribution in [0.5, 0.6) is 0 Å². The Morgan fingerprint density at radius 1 is 1.33 bits per heavy atom. The van der Waals surface area contributed by atoms with E-state index in [-0.39, 0.29) is 4.83 Å². The van der Waals surface area contributed by atoms with Crippen molar-refractivity contribution in [3.63, 3.8) is 0 Å². The number of halogens is 1. The van der Waals surface area contributed by atoms with E-state index in [0.717, 1.165) is 9.13 Å². The van der Waals surface area contributed by atoms with Crippen LogP contribution < -0.4 is 5.69 Å². The fourth-order valence-corrected chi connectivity index (χ4v) is 1.61. The van der Waals surface area contributed by atoms with Gasteiger partial charge in [-0.1, -0.05) is 15.9 Å². The maximum absolute atomic E-state index is 11.6. The second-order valence-corrected chi connectivity index (χ2v) is 4.57. The van der Waals surface area contributed by atoms with E-state index in [0.29, 0.717) is 5.69 Å². The number of imidazole rings is 1. The summed E-state index contributed by atoms with van der Waals surface area (Å²) >= 11 is 3.26. The zero-order chi connectivity index (χ0) is 11.7. The van der Waals surface area contributed by atoms with Crippen LogP contribution in [0.1, 0.15) is 40.9 Å². The molecule has 0 saturated heterocycles. The van der Waals surface area contributed by atoms with Crippen LogP contribution in [0.3, 0.4) is 0 Å². The van der Waals surface area contributed by atoms with Gasteiger partial charge in [0.05, 0.1) is 10.5 Å². The highest BCUT2D eigenvalue weighted by Gasteiger charge is 2.19. The Kier molecular flexibility index (Phi) is 3.28. The maximum atomic E-state index is 11.6. The summed E-state index contributed by atoms with van der Waals surface area (Å²) < 4.78 is 1.91. The third kappa shape index (κ3) is 2.09. The molecule has 6 heteroatoms. The van der Waals surface area contributed by atoms with Crippen molar-refractivity contribution in [1.82, 2.24) is 9.13 Å². The molecular formula is C9H11BrN2O3. The molecule has 1 rings (SSSR count). The standard InChI is InChI=1S/C9H11BrN2O3/c1-5(10)8-4-11(6(2)13)9(15)12(8)7(3)14/h4-5H,1-3H3. The molecule has 0 aromatic carbocycles. The molecule has 1 aromatic rings. The molecule has 0 spiro atoms. The minimum Gasteiger partial charge on any atom is -0.274 e. The monoisotopic (exact) mass is 274 g/mol. The highest BCUT2D eigenvalue weighted by molar-refractivity contribution is 9.09. The molecule has 1 unspecified atom stereocenters. The van der Waals surface area contributed by atoms with Gasteiger partial charge >= 0.3 is 5.69 Å². The van der Waals surface area contributed by atoms with E-state index in [2.05, 4.69) is 15.9 Å². The van der Waals surface area contributed by atoms with Crippen molar-refractivity contribution in [3.05, 3.63) is 22.4 Å². The van der Waals surface area contributed by atoms with Crippen molar-refractivity contribution in [2.75, 3.05) is 0 Å². The molecule has 0 amide bonds. The van der Waals surface area contributed by atoms with Gasteiger partial charge < -0.3 is 0 Å². The summed E-state index contributed by atoms with van der Waals surface area (Å²) in [6.45, 7) is 4.33. The van der Waals surface area contributed by atoms with Crippen molar-refractivity contribution in [2.45, 2.75) is 25.6 Å². The Bertz CT molecular complexity index is 470. The Morgan fingerprint density at radius 3 is 2.13 bits per heavy atom. The molecule has 0 aliphatic heterocycles. The van der Waals surface area contributed by atoms with E-state index in [1.54, 1.807) is 6.92 Å². The third-order valence-corrected chi connectivity index (χ3v) is 2.45. The number of aromatic nitrogens is 2. The van der Waals surface area contributed by atoms with Crippen LogP contribution in [0.25, 0.3) is 0 Å². The zero-order valence-corrected chi connectivity index (χ0v) is 10.2. The molecule has 0 aliphatic carbocycles. The summed E-state index contributed by atoms with van der Waals surface area (Å²) in [6, 6.07) is 0. The van der Waals surface area contributed by atoms with Crippen LogP contribution in [0, 0.1) is 0 Å². The summed E-state index contributed by atoms with van der Waals surface area (Å²) in [5.41, 5.74) is -0.140. The van der Waals surface area contributed by atoms with Crippen LogP contribution >= 0.6 is 15.9 Å². The SMILES string of the molecule is CC(=O)n1cc(C(C)Br)n(C(C)=O)c1=O. The first-order valence-electron chi connectivity index (χ1n) is 4.36. The topological polar surface area (TPSA) is 61.1 Å². The number of carbonyl (C=O) groups is 2. The van der Waals surface area contributed by atoms with Crippen LogP contribution in [0.4, 0.5) is 0 Å². The lowest BCUT2D eigenvalue weighted by Crippen LogP contribution is -2.30. The average molecular weight is 275 g/mol. The summed E-state index contributed by atoms with van der Waals surface area (Å²) in [5.74, 6) is -0.810. The van der Waals surface area contributed by atoms with Gasteiger partial charge in [-0.2, -0.15) is 0 Å². The van der Waals surface area contributed by atoms with Gasteiger partial charge in [-0.3, -0.25) is 9.59 Å². The number of alkyl halides is 1. The van der Waals surface area contributed by atoms with Crippen molar-refractivity contribution < 1.29 is 9.59 Å². The van der Waals surface area contributed by atoms with E-state index >= 15 is 0 Å². The van der Waals surface area contributed by atoms with Crippen LogP contribution in [-0.2, 0) is 0 Å². The van der Waals surface area contributed by atoms with Crippen LogP contribution in [0.15, 0.2) is 11.0 Å². The number of rotatable bonds is 1. The summed E-state index contributed by atoms with van der Waals surface area (Å²) in [7, 11) is 0. The molecule has 0 radical (unpaired) electrons. The lowest BCUT2D eigenvalue weighted by Gasteiger charge is -2.03. The van der Waals surface area contributed by atoms with Gasteiger partial charge in [0.25, 0.3) is 0 Å². The maximum Gasteiger partial charge on any atom is 0.342 e. The Balaban J connectivity index is 3.54. The molecule has 0 bridgehead atoms. The number of carbonyl (C=O) groups excluding carboxylic acids is 2. The average Bonchev–Trinajstić information content (AvgIpc) is 2.42. The Labute approximate surface area is 94.8 Å². The van der Waals surface area contributed by atoms with Gasteiger partial charge in [0.1, 0.15) is 0 Å². The van der Waals surface area contributed by atoms with Gasteiger partial charge in [-0.15, -0.1) is 0 Å². The van der Waals surface area contributed by atoms with E-state index in [1.807, 2.05) is 0 Å². The van der Waals surface area contributed by atoms with Crippen molar-refractivity contribution in [1.29, 1.82) is 0 Å². The van der Waals surface area contributed by atoms with Gasteiger partial charge in [-0.25, -0.2) is 13.9 Å². The highest BCUT2D eigenvalue weighted by atomic mass is 79.9. The van der Waals surface area contributed by atoms with E-state index in [9.17, 15) is 14.4 Å². The Morgan fingerprint density at radius 2 is 1.87 bits per heavy atom. The van der Waals surface area contributed by atoms with Crippen LogP contribution in [-0.4, -0.2) is 20.9 Å². The normalized spacial score (nSPS) is 12.5. The second-order valence-electron chi connectivity index (χ2n) is 3.20. The quantitative estimate of drug-likeness (QED) is 0.728. The molecule has 1 atom stereocenters. The molecule has 15 heavy (non-hydrogen) atoms. The molecule has 0 aliphatic rings. The van der Waals surface area contributed by atoms with Crippen molar-refractivity contribution >= 4 is 27.7 Å². The fraction of sp³-hybridized carbons (Fsp3) is 0.444. The van der Waals surface area contributed by atoms with E-state index in [4.69, 9.17) is 0 Å². The molecule has 1 aromatic heterocycles.